The molecule has 41 heavy (non-hydrogen) atoms. The molecule has 6 rings (SSSR count). The Labute approximate surface area is 250 Å². The number of rotatable bonds is 6. The van der Waals surface area contributed by atoms with E-state index in [4.69, 9.17) is 23.2 Å². The van der Waals surface area contributed by atoms with Crippen LogP contribution in [0.5, 0.6) is 0 Å². The number of likely N-dealkylation sites (N-methyl/N-ethyl adjacent to an activating group) is 1. The highest BCUT2D eigenvalue weighted by Gasteiger charge is 2.27. The van der Waals surface area contributed by atoms with E-state index in [1.807, 2.05) is 30.3 Å². The van der Waals surface area contributed by atoms with Crippen molar-refractivity contribution in [1.29, 1.82) is 0 Å². The SMILES string of the molecule is CN1CCN(C2CCN(c3ccc(Nc4ncc(Cl)c(-c5cn(S(C)(=O)=O)c6ccccc56)n4)cc3Cl)CC2)CC1. The number of para-hydroxylation sites is 1. The van der Waals surface area contributed by atoms with Gasteiger partial charge in [0.1, 0.15) is 0 Å². The van der Waals surface area contributed by atoms with Crippen molar-refractivity contribution in [1.82, 2.24) is 23.7 Å². The van der Waals surface area contributed by atoms with Gasteiger partial charge in [-0.25, -0.2) is 22.4 Å². The highest BCUT2D eigenvalue weighted by Crippen LogP contribution is 2.36. The molecule has 216 valence electrons. The predicted molar refractivity (Wildman–Crippen MR) is 167 cm³/mol. The highest BCUT2D eigenvalue weighted by atomic mass is 35.5. The smallest absolute Gasteiger partial charge is 0.236 e. The van der Waals surface area contributed by atoms with E-state index in [2.05, 4.69) is 37.0 Å². The first-order valence-corrected chi connectivity index (χ1v) is 16.4. The van der Waals surface area contributed by atoms with Crippen molar-refractivity contribution >= 4 is 61.5 Å². The standard InChI is InChI=1S/C29H33Cl2N7O2S/c1-35-13-15-36(16-14-35)21-9-11-37(12-10-21)27-8-7-20(17-24(27)30)33-29-32-18-25(31)28(34-29)23-19-38(41(2,39)40)26-6-4-3-5-22(23)26/h3-8,17-19,21H,9-16H2,1-2H3,(H,32,33,34). The quantitative estimate of drug-likeness (QED) is 0.319. The molecule has 9 nitrogen and oxygen atoms in total. The molecule has 2 aliphatic rings. The van der Waals surface area contributed by atoms with Crippen molar-refractivity contribution in [2.24, 2.45) is 0 Å². The van der Waals surface area contributed by atoms with Crippen LogP contribution in [-0.4, -0.2) is 90.8 Å². The summed E-state index contributed by atoms with van der Waals surface area (Å²) in [5.74, 6) is 0.331. The number of piperidine rings is 1. The Morgan fingerprint density at radius 2 is 1.68 bits per heavy atom. The Hall–Kier alpha value is -2.89. The molecule has 2 aliphatic heterocycles. The lowest BCUT2D eigenvalue weighted by Gasteiger charge is -2.42. The van der Waals surface area contributed by atoms with Crippen LogP contribution in [0.3, 0.4) is 0 Å². The molecule has 0 radical (unpaired) electrons. The van der Waals surface area contributed by atoms with E-state index in [0.717, 1.165) is 68.9 Å². The van der Waals surface area contributed by atoms with Gasteiger partial charge in [0.15, 0.2) is 0 Å². The fourth-order valence-electron chi connectivity index (χ4n) is 5.86. The van der Waals surface area contributed by atoms with E-state index in [-0.39, 0.29) is 0 Å². The third-order valence-electron chi connectivity index (χ3n) is 8.10. The van der Waals surface area contributed by atoms with E-state index in [0.29, 0.717) is 38.8 Å². The van der Waals surface area contributed by atoms with Crippen molar-refractivity contribution in [3.63, 3.8) is 0 Å². The Bertz CT molecular complexity index is 1680. The molecule has 0 saturated carbocycles. The maximum absolute atomic E-state index is 12.4. The zero-order valence-electron chi connectivity index (χ0n) is 23.1. The normalized spacial score (nSPS) is 17.8. The van der Waals surface area contributed by atoms with Gasteiger partial charge >= 0.3 is 0 Å². The monoisotopic (exact) mass is 613 g/mol. The van der Waals surface area contributed by atoms with Gasteiger partial charge in [0.05, 0.1) is 39.4 Å². The van der Waals surface area contributed by atoms with E-state index in [1.54, 1.807) is 18.3 Å². The summed E-state index contributed by atoms with van der Waals surface area (Å²) in [6, 6.07) is 13.8. The molecule has 2 fully saturated rings. The first kappa shape index (κ1) is 28.2. The first-order chi connectivity index (χ1) is 19.7. The molecule has 0 unspecified atom stereocenters. The summed E-state index contributed by atoms with van der Waals surface area (Å²) < 4.78 is 26.1. The number of nitrogens with zero attached hydrogens (tertiary/aromatic N) is 6. The van der Waals surface area contributed by atoms with Crippen LogP contribution in [0.25, 0.3) is 22.2 Å². The van der Waals surface area contributed by atoms with E-state index in [1.165, 1.54) is 16.4 Å². The van der Waals surface area contributed by atoms with Gasteiger partial charge in [-0.05, 0) is 44.2 Å². The predicted octanol–water partition coefficient (Wildman–Crippen LogP) is 5.17. The molecular formula is C29H33Cl2N7O2S. The number of anilines is 3. The summed E-state index contributed by atoms with van der Waals surface area (Å²) in [5, 5.41) is 4.95. The maximum Gasteiger partial charge on any atom is 0.236 e. The second-order valence-corrected chi connectivity index (χ2v) is 13.5. The number of hydrogen-bond donors (Lipinski definition) is 1. The Kier molecular flexibility index (Phi) is 7.86. The first-order valence-electron chi connectivity index (χ1n) is 13.7. The maximum atomic E-state index is 12.4. The molecule has 0 bridgehead atoms. The minimum Gasteiger partial charge on any atom is -0.370 e. The zero-order valence-corrected chi connectivity index (χ0v) is 25.4. The molecule has 12 heteroatoms. The lowest BCUT2D eigenvalue weighted by molar-refractivity contribution is 0.0982. The van der Waals surface area contributed by atoms with Gasteiger partial charge in [-0.2, -0.15) is 0 Å². The molecular weight excluding hydrogens is 581 g/mol. The topological polar surface area (TPSA) is 86.6 Å². The van der Waals surface area contributed by atoms with Crippen LogP contribution in [0, 0.1) is 0 Å². The number of benzene rings is 2. The Morgan fingerprint density at radius 3 is 2.39 bits per heavy atom. The molecule has 0 spiro atoms. The molecule has 0 aliphatic carbocycles. The van der Waals surface area contributed by atoms with Gasteiger partial charge in [0, 0.05) is 68.1 Å². The molecule has 2 aromatic carbocycles. The van der Waals surface area contributed by atoms with Gasteiger partial charge in [-0.3, -0.25) is 4.90 Å². The third-order valence-corrected chi connectivity index (χ3v) is 9.69. The fourth-order valence-corrected chi connectivity index (χ4v) is 7.16. The van der Waals surface area contributed by atoms with Crippen LogP contribution >= 0.6 is 23.2 Å². The minimum absolute atomic E-state index is 0.320. The van der Waals surface area contributed by atoms with Crippen molar-refractivity contribution in [2.75, 3.05) is 62.8 Å². The molecule has 1 N–H and O–H groups in total. The second-order valence-electron chi connectivity index (χ2n) is 10.9. The van der Waals surface area contributed by atoms with Crippen LogP contribution in [-0.2, 0) is 10.0 Å². The van der Waals surface area contributed by atoms with Gasteiger partial charge in [-0.15, -0.1) is 0 Å². The lowest BCUT2D eigenvalue weighted by atomic mass is 10.0. The van der Waals surface area contributed by atoms with Crippen LogP contribution in [0.2, 0.25) is 10.0 Å². The van der Waals surface area contributed by atoms with Crippen LogP contribution in [0.1, 0.15) is 12.8 Å². The van der Waals surface area contributed by atoms with E-state index < -0.39 is 10.0 Å². The summed E-state index contributed by atoms with van der Waals surface area (Å²) in [5.41, 5.74) is 3.38. The highest BCUT2D eigenvalue weighted by molar-refractivity contribution is 7.89. The number of nitrogens with one attached hydrogen (secondary N) is 1. The Balaban J connectivity index is 1.19. The number of aromatic nitrogens is 3. The molecule has 0 atom stereocenters. The van der Waals surface area contributed by atoms with Gasteiger partial charge in [-0.1, -0.05) is 41.4 Å². The molecule has 4 aromatic rings. The zero-order chi connectivity index (χ0) is 28.7. The summed E-state index contributed by atoms with van der Waals surface area (Å²) in [6.07, 6.45) is 6.51. The fraction of sp³-hybridized carbons (Fsp3) is 0.379. The van der Waals surface area contributed by atoms with E-state index in [9.17, 15) is 8.42 Å². The Morgan fingerprint density at radius 1 is 0.951 bits per heavy atom. The average molecular weight is 615 g/mol. The number of fused-ring (bicyclic) bond motifs is 1. The molecule has 0 amide bonds. The number of piperazine rings is 1. The number of halogens is 2. The summed E-state index contributed by atoms with van der Waals surface area (Å²) >= 11 is 13.3. The van der Waals surface area contributed by atoms with Crippen molar-refractivity contribution < 1.29 is 8.42 Å². The summed E-state index contributed by atoms with van der Waals surface area (Å²) in [4.78, 5) is 16.4. The van der Waals surface area contributed by atoms with E-state index >= 15 is 0 Å². The van der Waals surface area contributed by atoms with Crippen LogP contribution in [0.4, 0.5) is 17.3 Å². The van der Waals surface area contributed by atoms with Crippen molar-refractivity contribution in [3.8, 4) is 11.3 Å². The summed E-state index contributed by atoms with van der Waals surface area (Å²) in [7, 11) is -1.33. The largest absolute Gasteiger partial charge is 0.370 e. The molecule has 2 saturated heterocycles. The van der Waals surface area contributed by atoms with Crippen molar-refractivity contribution in [3.05, 3.63) is 64.9 Å². The van der Waals surface area contributed by atoms with Crippen LogP contribution in [0.15, 0.2) is 54.9 Å². The van der Waals surface area contributed by atoms with Crippen molar-refractivity contribution in [2.45, 2.75) is 18.9 Å². The van der Waals surface area contributed by atoms with Crippen LogP contribution < -0.4 is 10.2 Å². The minimum atomic E-state index is -3.53. The molecule has 2 aromatic heterocycles. The number of hydrogen-bond acceptors (Lipinski definition) is 8. The lowest BCUT2D eigenvalue weighted by Crippen LogP contribution is -2.52. The van der Waals surface area contributed by atoms with Gasteiger partial charge in [0.25, 0.3) is 0 Å². The summed E-state index contributed by atoms with van der Waals surface area (Å²) in [6.45, 7) is 6.54. The van der Waals surface area contributed by atoms with Gasteiger partial charge in [0.2, 0.25) is 16.0 Å². The molecule has 4 heterocycles. The second kappa shape index (κ2) is 11.4. The van der Waals surface area contributed by atoms with Gasteiger partial charge < -0.3 is 15.1 Å². The average Bonchev–Trinajstić information content (AvgIpc) is 3.35. The third kappa shape index (κ3) is 5.89.